The molecule has 0 aliphatic heterocycles. The third-order valence-electron chi connectivity index (χ3n) is 4.72. The molecule has 140 valence electrons. The van der Waals surface area contributed by atoms with Crippen molar-refractivity contribution in [3.05, 3.63) is 40.7 Å². The maximum atomic E-state index is 14.7. The van der Waals surface area contributed by atoms with Crippen molar-refractivity contribution >= 4 is 29.1 Å². The fourth-order valence-corrected chi connectivity index (χ4v) is 4.26. The lowest BCUT2D eigenvalue weighted by Gasteiger charge is -2.18. The van der Waals surface area contributed by atoms with Crippen LogP contribution in [0.15, 0.2) is 23.4 Å². The lowest BCUT2D eigenvalue weighted by molar-refractivity contribution is -0.114. The molecule has 2 aromatic rings. The molecule has 1 aromatic heterocycles. The van der Waals surface area contributed by atoms with Crippen molar-refractivity contribution in [1.29, 1.82) is 0 Å². The van der Waals surface area contributed by atoms with E-state index in [-0.39, 0.29) is 28.7 Å². The van der Waals surface area contributed by atoms with Crippen LogP contribution < -0.4 is 0 Å². The van der Waals surface area contributed by atoms with Crippen LogP contribution in [0.5, 0.6) is 0 Å². The standard InChI is InChI=1S/C18H17FN4O3S/c19-15-7-6-13(17(25)26)14(16(15)10-2-1-3-12(24)8-10)9-27-18-20-21-22-23(18)11-4-5-11/h6-8,11H,1-5,9H2,(H,25,26). The Morgan fingerprint density at radius 3 is 2.85 bits per heavy atom. The van der Waals surface area contributed by atoms with Gasteiger partial charge in [-0.25, -0.2) is 13.9 Å². The van der Waals surface area contributed by atoms with Gasteiger partial charge in [-0.05, 0) is 65.5 Å². The zero-order valence-electron chi connectivity index (χ0n) is 14.4. The summed E-state index contributed by atoms with van der Waals surface area (Å²) in [6.45, 7) is 0. The van der Waals surface area contributed by atoms with Gasteiger partial charge in [-0.2, -0.15) is 0 Å². The number of halogens is 1. The Kier molecular flexibility index (Phi) is 4.77. The van der Waals surface area contributed by atoms with E-state index in [1.54, 1.807) is 4.68 Å². The highest BCUT2D eigenvalue weighted by atomic mass is 32.2. The van der Waals surface area contributed by atoms with E-state index >= 15 is 0 Å². The predicted molar refractivity (Wildman–Crippen MR) is 95.8 cm³/mol. The molecular weight excluding hydrogens is 371 g/mol. The monoisotopic (exact) mass is 388 g/mol. The van der Waals surface area contributed by atoms with E-state index in [0.29, 0.717) is 35.6 Å². The van der Waals surface area contributed by atoms with Gasteiger partial charge < -0.3 is 5.11 Å². The van der Waals surface area contributed by atoms with Gasteiger partial charge in [-0.3, -0.25) is 4.79 Å². The minimum absolute atomic E-state index is 0.0308. The van der Waals surface area contributed by atoms with Gasteiger partial charge in [-0.15, -0.1) is 5.10 Å². The number of hydrogen-bond acceptors (Lipinski definition) is 6. The van der Waals surface area contributed by atoms with Crippen LogP contribution in [0.3, 0.4) is 0 Å². The molecule has 7 nitrogen and oxygen atoms in total. The van der Waals surface area contributed by atoms with Gasteiger partial charge >= 0.3 is 5.97 Å². The Labute approximate surface area is 158 Å². The molecule has 1 fully saturated rings. The Balaban J connectivity index is 1.72. The topological polar surface area (TPSA) is 98.0 Å². The molecule has 9 heteroatoms. The fraction of sp³-hybridized carbons (Fsp3) is 0.389. The number of ketones is 1. The van der Waals surface area contributed by atoms with Crippen molar-refractivity contribution in [2.75, 3.05) is 0 Å². The third kappa shape index (κ3) is 3.64. The predicted octanol–water partition coefficient (Wildman–Crippen LogP) is 3.27. The van der Waals surface area contributed by atoms with Gasteiger partial charge in [0.1, 0.15) is 5.82 Å². The molecule has 0 radical (unpaired) electrons. The molecule has 0 saturated heterocycles. The van der Waals surface area contributed by atoms with Crippen molar-refractivity contribution in [2.24, 2.45) is 0 Å². The second kappa shape index (κ2) is 7.22. The lowest BCUT2D eigenvalue weighted by Crippen LogP contribution is -2.10. The zero-order chi connectivity index (χ0) is 19.0. The van der Waals surface area contributed by atoms with E-state index in [0.717, 1.165) is 18.9 Å². The number of nitrogens with zero attached hydrogens (tertiary/aromatic N) is 4. The Morgan fingerprint density at radius 1 is 1.33 bits per heavy atom. The van der Waals surface area contributed by atoms with E-state index in [2.05, 4.69) is 15.5 Å². The number of tetrazole rings is 1. The molecule has 0 bridgehead atoms. The summed E-state index contributed by atoms with van der Waals surface area (Å²) < 4.78 is 16.4. The Morgan fingerprint density at radius 2 is 2.15 bits per heavy atom. The Bertz CT molecular complexity index is 952. The number of carboxylic acid groups (broad SMARTS) is 1. The quantitative estimate of drug-likeness (QED) is 0.758. The lowest BCUT2D eigenvalue weighted by atomic mass is 9.88. The minimum atomic E-state index is -1.13. The number of hydrogen-bond donors (Lipinski definition) is 1. The van der Waals surface area contributed by atoms with Gasteiger partial charge in [0.05, 0.1) is 11.6 Å². The molecule has 2 aliphatic carbocycles. The molecule has 4 rings (SSSR count). The molecule has 27 heavy (non-hydrogen) atoms. The second-order valence-corrected chi connectivity index (χ2v) is 7.61. The molecule has 1 N–H and O–H groups in total. The fourth-order valence-electron chi connectivity index (χ4n) is 3.27. The van der Waals surface area contributed by atoms with Gasteiger partial charge in [0.15, 0.2) is 5.78 Å². The molecular formula is C18H17FN4O3S. The van der Waals surface area contributed by atoms with Crippen molar-refractivity contribution in [1.82, 2.24) is 20.2 Å². The molecule has 0 unspecified atom stereocenters. The number of aromatic nitrogens is 4. The highest BCUT2D eigenvalue weighted by molar-refractivity contribution is 7.98. The van der Waals surface area contributed by atoms with Crippen molar-refractivity contribution in [3.63, 3.8) is 0 Å². The number of carbonyl (C=O) groups excluding carboxylic acids is 1. The first-order chi connectivity index (χ1) is 13.0. The average molecular weight is 388 g/mol. The van der Waals surface area contributed by atoms with Crippen molar-refractivity contribution in [2.45, 2.75) is 49.1 Å². The average Bonchev–Trinajstić information content (AvgIpc) is 3.37. The summed E-state index contributed by atoms with van der Waals surface area (Å²) >= 11 is 1.28. The molecule has 2 aliphatic rings. The van der Waals surface area contributed by atoms with E-state index in [1.807, 2.05) is 0 Å². The maximum Gasteiger partial charge on any atom is 0.336 e. The van der Waals surface area contributed by atoms with Gasteiger partial charge in [-0.1, -0.05) is 11.8 Å². The summed E-state index contributed by atoms with van der Waals surface area (Å²) in [7, 11) is 0. The minimum Gasteiger partial charge on any atom is -0.478 e. The summed E-state index contributed by atoms with van der Waals surface area (Å²) in [6, 6.07) is 2.71. The second-order valence-electron chi connectivity index (χ2n) is 6.67. The molecule has 0 amide bonds. The van der Waals surface area contributed by atoms with Crippen molar-refractivity contribution in [3.8, 4) is 0 Å². The molecule has 1 aromatic carbocycles. The first kappa shape index (κ1) is 17.8. The highest BCUT2D eigenvalue weighted by Crippen LogP contribution is 2.38. The summed E-state index contributed by atoms with van der Waals surface area (Å²) in [4.78, 5) is 23.5. The first-order valence-corrected chi connectivity index (χ1v) is 9.72. The van der Waals surface area contributed by atoms with Crippen LogP contribution in [0.1, 0.15) is 59.6 Å². The smallest absolute Gasteiger partial charge is 0.336 e. The molecule has 0 spiro atoms. The van der Waals surface area contributed by atoms with E-state index < -0.39 is 11.8 Å². The summed E-state index contributed by atoms with van der Waals surface area (Å²) in [6.07, 6.45) is 5.08. The largest absolute Gasteiger partial charge is 0.478 e. The molecule has 1 saturated carbocycles. The van der Waals surface area contributed by atoms with Gasteiger partial charge in [0, 0.05) is 17.7 Å². The van der Waals surface area contributed by atoms with E-state index in [4.69, 9.17) is 0 Å². The van der Waals surface area contributed by atoms with Crippen LogP contribution in [-0.2, 0) is 10.5 Å². The molecule has 0 atom stereocenters. The normalized spacial score (nSPS) is 17.1. The number of benzene rings is 1. The zero-order valence-corrected chi connectivity index (χ0v) is 15.2. The molecule has 1 heterocycles. The number of aromatic carboxylic acids is 1. The van der Waals surface area contributed by atoms with Gasteiger partial charge in [0.2, 0.25) is 5.16 Å². The SMILES string of the molecule is O=C1C=C(c2c(F)ccc(C(=O)O)c2CSc2nnnn2C2CC2)CCC1. The van der Waals surface area contributed by atoms with E-state index in [1.165, 1.54) is 23.9 Å². The van der Waals surface area contributed by atoms with E-state index in [9.17, 15) is 19.1 Å². The Hall–Kier alpha value is -2.55. The highest BCUT2D eigenvalue weighted by Gasteiger charge is 2.29. The van der Waals surface area contributed by atoms with Crippen LogP contribution in [0.2, 0.25) is 0 Å². The summed E-state index contributed by atoms with van der Waals surface area (Å²) in [5, 5.41) is 21.8. The van der Waals surface area contributed by atoms with Crippen LogP contribution in [0, 0.1) is 5.82 Å². The maximum absolute atomic E-state index is 14.7. The van der Waals surface area contributed by atoms with Crippen molar-refractivity contribution < 1.29 is 19.1 Å². The van der Waals surface area contributed by atoms with Crippen LogP contribution >= 0.6 is 11.8 Å². The summed E-state index contributed by atoms with van der Waals surface area (Å²) in [5.74, 6) is -1.50. The number of allylic oxidation sites excluding steroid dienone is 2. The van der Waals surface area contributed by atoms with Crippen LogP contribution in [0.4, 0.5) is 4.39 Å². The van der Waals surface area contributed by atoms with Crippen LogP contribution in [-0.4, -0.2) is 37.1 Å². The van der Waals surface area contributed by atoms with Crippen LogP contribution in [0.25, 0.3) is 5.57 Å². The van der Waals surface area contributed by atoms with Gasteiger partial charge in [0.25, 0.3) is 0 Å². The number of thioether (sulfide) groups is 1. The number of rotatable bonds is 6. The number of carbonyl (C=O) groups is 2. The first-order valence-electron chi connectivity index (χ1n) is 8.73. The summed E-state index contributed by atoms with van der Waals surface area (Å²) in [5.41, 5.74) is 1.17. The number of carboxylic acids is 1. The third-order valence-corrected chi connectivity index (χ3v) is 5.68.